The summed E-state index contributed by atoms with van der Waals surface area (Å²) >= 11 is 0. The number of nitrogens with one attached hydrogen (secondary N) is 2. The van der Waals surface area contributed by atoms with E-state index in [1.54, 1.807) is 24.3 Å². The second-order valence-electron chi connectivity index (χ2n) is 5.24. The van der Waals surface area contributed by atoms with Gasteiger partial charge in [0.25, 0.3) is 15.9 Å². The largest absolute Gasteiger partial charge is 0.326 e. The molecule has 0 aromatic heterocycles. The first-order chi connectivity index (χ1) is 12.3. The molecule has 2 N–H and O–H groups in total. The summed E-state index contributed by atoms with van der Waals surface area (Å²) in [5.74, 6) is -0.999. The molecular formula is C18H15N3O4S. The fraction of sp³-hybridized carbons (Fsp3) is 0.0556. The first kappa shape index (κ1) is 18.9. The second kappa shape index (κ2) is 8.09. The van der Waals surface area contributed by atoms with Crippen LogP contribution >= 0.6 is 0 Å². The van der Waals surface area contributed by atoms with Crippen LogP contribution in [0.1, 0.15) is 18.1 Å². The Morgan fingerprint density at radius 3 is 2.19 bits per heavy atom. The Kier molecular flexibility index (Phi) is 5.88. The zero-order chi connectivity index (χ0) is 19.2. The van der Waals surface area contributed by atoms with Crippen molar-refractivity contribution in [2.45, 2.75) is 11.8 Å². The van der Waals surface area contributed by atoms with Gasteiger partial charge in [0, 0.05) is 18.7 Å². The number of nitriles is 1. The van der Waals surface area contributed by atoms with Crippen LogP contribution in [0.4, 0.5) is 5.69 Å². The Bertz CT molecular complexity index is 986. The van der Waals surface area contributed by atoms with Gasteiger partial charge in [-0.1, -0.05) is 12.1 Å². The van der Waals surface area contributed by atoms with Crippen LogP contribution in [-0.2, 0) is 19.6 Å². The Labute approximate surface area is 151 Å². The highest BCUT2D eigenvalue weighted by atomic mass is 32.2. The van der Waals surface area contributed by atoms with E-state index >= 15 is 0 Å². The van der Waals surface area contributed by atoms with Crippen molar-refractivity contribution in [2.24, 2.45) is 0 Å². The van der Waals surface area contributed by atoms with E-state index in [1.165, 1.54) is 37.3 Å². The highest BCUT2D eigenvalue weighted by Gasteiger charge is 2.15. The third-order valence-electron chi connectivity index (χ3n) is 3.19. The van der Waals surface area contributed by atoms with Crippen LogP contribution in [0.3, 0.4) is 0 Å². The maximum Gasteiger partial charge on any atom is 0.264 e. The first-order valence-electron chi connectivity index (χ1n) is 7.43. The van der Waals surface area contributed by atoms with Crippen molar-refractivity contribution in [3.63, 3.8) is 0 Å². The molecule has 0 fully saturated rings. The fourth-order valence-electron chi connectivity index (χ4n) is 1.99. The summed E-state index contributed by atoms with van der Waals surface area (Å²) in [6.07, 6.45) is 2.54. The summed E-state index contributed by atoms with van der Waals surface area (Å²) in [5, 5.41) is 11.3. The van der Waals surface area contributed by atoms with Gasteiger partial charge in [-0.15, -0.1) is 0 Å². The fourth-order valence-corrected chi connectivity index (χ4v) is 2.93. The molecule has 8 heteroatoms. The average Bonchev–Trinajstić information content (AvgIpc) is 2.60. The van der Waals surface area contributed by atoms with Gasteiger partial charge in [-0.25, -0.2) is 13.1 Å². The van der Waals surface area contributed by atoms with Crippen molar-refractivity contribution in [3.8, 4) is 6.07 Å². The Morgan fingerprint density at radius 1 is 1.04 bits per heavy atom. The van der Waals surface area contributed by atoms with Crippen LogP contribution < -0.4 is 10.0 Å². The lowest BCUT2D eigenvalue weighted by Gasteiger charge is -2.05. The number of hydrogen-bond acceptors (Lipinski definition) is 5. The highest BCUT2D eigenvalue weighted by molar-refractivity contribution is 7.90. The topological polar surface area (TPSA) is 116 Å². The number of carbonyl (C=O) groups is 2. The Balaban J connectivity index is 2.03. The smallest absolute Gasteiger partial charge is 0.264 e. The van der Waals surface area contributed by atoms with Crippen LogP contribution in [0, 0.1) is 11.3 Å². The Morgan fingerprint density at radius 2 is 1.65 bits per heavy atom. The Hall–Kier alpha value is -3.44. The molecule has 26 heavy (non-hydrogen) atoms. The summed E-state index contributed by atoms with van der Waals surface area (Å²) in [4.78, 5) is 22.7. The maximum atomic E-state index is 12.1. The molecule has 0 saturated heterocycles. The number of nitrogens with zero attached hydrogens (tertiary/aromatic N) is 1. The molecule has 0 radical (unpaired) electrons. The van der Waals surface area contributed by atoms with Crippen LogP contribution in [0.5, 0.6) is 0 Å². The van der Waals surface area contributed by atoms with Gasteiger partial charge >= 0.3 is 0 Å². The monoisotopic (exact) mass is 369 g/mol. The van der Waals surface area contributed by atoms with Gasteiger partial charge in [0.1, 0.15) is 0 Å². The van der Waals surface area contributed by atoms with E-state index < -0.39 is 15.9 Å². The van der Waals surface area contributed by atoms with Gasteiger partial charge in [0.15, 0.2) is 0 Å². The van der Waals surface area contributed by atoms with Gasteiger partial charge in [0.05, 0.1) is 16.5 Å². The molecule has 2 amide bonds. The molecule has 2 rings (SSSR count). The number of carbonyl (C=O) groups excluding carboxylic acids is 2. The first-order valence-corrected chi connectivity index (χ1v) is 8.91. The van der Waals surface area contributed by atoms with Crippen LogP contribution in [0.2, 0.25) is 0 Å². The zero-order valence-electron chi connectivity index (χ0n) is 13.8. The molecule has 0 aliphatic carbocycles. The summed E-state index contributed by atoms with van der Waals surface area (Å²) in [6.45, 7) is 1.40. The van der Waals surface area contributed by atoms with Gasteiger partial charge in [-0.05, 0) is 48.0 Å². The summed E-state index contributed by atoms with van der Waals surface area (Å²) in [7, 11) is -4.02. The molecule has 2 aromatic carbocycles. The lowest BCUT2D eigenvalue weighted by molar-refractivity contribution is -0.115. The van der Waals surface area contributed by atoms with E-state index in [-0.39, 0.29) is 10.8 Å². The van der Waals surface area contributed by atoms with E-state index in [2.05, 4.69) is 5.32 Å². The van der Waals surface area contributed by atoms with Gasteiger partial charge in [-0.3, -0.25) is 9.59 Å². The van der Waals surface area contributed by atoms with E-state index in [0.717, 1.165) is 6.08 Å². The molecule has 0 unspecified atom stereocenters. The van der Waals surface area contributed by atoms with Crippen molar-refractivity contribution >= 4 is 33.6 Å². The quantitative estimate of drug-likeness (QED) is 0.782. The molecule has 0 heterocycles. The van der Waals surface area contributed by atoms with Crippen LogP contribution in [0.15, 0.2) is 59.5 Å². The SMILES string of the molecule is CC(=O)Nc1ccc(C=CC(=O)NS(=O)(=O)c2ccc(C#N)cc2)cc1. The lowest BCUT2D eigenvalue weighted by atomic mass is 10.2. The average molecular weight is 369 g/mol. The maximum absolute atomic E-state index is 12.1. The normalized spacial score (nSPS) is 10.9. The van der Waals surface area contributed by atoms with Crippen molar-refractivity contribution in [1.29, 1.82) is 5.26 Å². The third-order valence-corrected chi connectivity index (χ3v) is 4.55. The summed E-state index contributed by atoms with van der Waals surface area (Å²) in [6, 6.07) is 13.7. The minimum atomic E-state index is -4.02. The minimum Gasteiger partial charge on any atom is -0.326 e. The van der Waals surface area contributed by atoms with Gasteiger partial charge in [0.2, 0.25) is 5.91 Å². The minimum absolute atomic E-state index is 0.113. The predicted molar refractivity (Wildman–Crippen MR) is 96.3 cm³/mol. The number of amides is 2. The molecule has 0 aliphatic heterocycles. The zero-order valence-corrected chi connectivity index (χ0v) is 14.6. The predicted octanol–water partition coefficient (Wildman–Crippen LogP) is 2.03. The molecule has 0 bridgehead atoms. The van der Waals surface area contributed by atoms with Crippen molar-refractivity contribution < 1.29 is 18.0 Å². The van der Waals surface area contributed by atoms with Crippen molar-refractivity contribution in [2.75, 3.05) is 5.32 Å². The van der Waals surface area contributed by atoms with E-state index in [4.69, 9.17) is 5.26 Å². The molecule has 2 aromatic rings. The second-order valence-corrected chi connectivity index (χ2v) is 6.92. The molecular weight excluding hydrogens is 354 g/mol. The molecule has 0 spiro atoms. The number of benzene rings is 2. The highest BCUT2D eigenvalue weighted by Crippen LogP contribution is 2.12. The molecule has 0 saturated carbocycles. The van der Waals surface area contributed by atoms with Crippen LogP contribution in [-0.4, -0.2) is 20.2 Å². The van der Waals surface area contributed by atoms with Gasteiger partial charge in [-0.2, -0.15) is 5.26 Å². The van der Waals surface area contributed by atoms with E-state index in [9.17, 15) is 18.0 Å². The molecule has 132 valence electrons. The van der Waals surface area contributed by atoms with Crippen molar-refractivity contribution in [1.82, 2.24) is 4.72 Å². The number of sulfonamides is 1. The standard InChI is InChI=1S/C18H15N3O4S/c1-13(22)20-16-7-2-14(3-8-16)6-11-18(23)21-26(24,25)17-9-4-15(12-19)5-10-17/h2-11H,1H3,(H,20,22)(H,21,23). The lowest BCUT2D eigenvalue weighted by Crippen LogP contribution is -2.28. The third kappa shape index (κ3) is 5.29. The summed E-state index contributed by atoms with van der Waals surface area (Å²) < 4.78 is 26.1. The number of hydrogen-bond donors (Lipinski definition) is 2. The number of rotatable bonds is 5. The molecule has 0 atom stereocenters. The van der Waals surface area contributed by atoms with Crippen molar-refractivity contribution in [3.05, 3.63) is 65.7 Å². The molecule has 0 aliphatic rings. The van der Waals surface area contributed by atoms with Crippen LogP contribution in [0.25, 0.3) is 6.08 Å². The molecule has 7 nitrogen and oxygen atoms in total. The summed E-state index contributed by atoms with van der Waals surface area (Å²) in [5.41, 5.74) is 1.59. The van der Waals surface area contributed by atoms with E-state index in [0.29, 0.717) is 16.8 Å². The number of anilines is 1. The van der Waals surface area contributed by atoms with E-state index in [1.807, 2.05) is 10.8 Å². The van der Waals surface area contributed by atoms with Gasteiger partial charge < -0.3 is 5.32 Å².